The SMILES string of the molecule is CCOC(=O)COC(=O)C1CC2CC1C1C3C=CC(C3)C21. The number of hydrogen-bond donors (Lipinski definition) is 0. The quantitative estimate of drug-likeness (QED) is 0.452. The van der Waals surface area contributed by atoms with Crippen molar-refractivity contribution in [2.75, 3.05) is 13.2 Å². The zero-order valence-corrected chi connectivity index (χ0v) is 12.4. The van der Waals surface area contributed by atoms with Crippen molar-refractivity contribution in [3.05, 3.63) is 12.2 Å². The molecule has 0 aromatic rings. The van der Waals surface area contributed by atoms with Crippen molar-refractivity contribution in [2.45, 2.75) is 26.2 Å². The van der Waals surface area contributed by atoms with Crippen molar-refractivity contribution in [3.63, 3.8) is 0 Å². The van der Waals surface area contributed by atoms with Crippen molar-refractivity contribution >= 4 is 11.9 Å². The van der Waals surface area contributed by atoms with E-state index in [1.165, 1.54) is 12.8 Å². The van der Waals surface area contributed by atoms with Gasteiger partial charge in [0.2, 0.25) is 0 Å². The molecule has 4 aliphatic rings. The van der Waals surface area contributed by atoms with Crippen LogP contribution in [0.3, 0.4) is 0 Å². The first-order valence-corrected chi connectivity index (χ1v) is 8.19. The lowest BCUT2D eigenvalue weighted by atomic mass is 9.69. The smallest absolute Gasteiger partial charge is 0.344 e. The number of hydrogen-bond acceptors (Lipinski definition) is 4. The highest BCUT2D eigenvalue weighted by Gasteiger charge is 2.62. The number of carbonyl (C=O) groups excluding carboxylic acids is 2. The Kier molecular flexibility index (Phi) is 3.09. The normalized spacial score (nSPS) is 44.9. The molecule has 7 atom stereocenters. The number of fused-ring (bicyclic) bond motifs is 9. The van der Waals surface area contributed by atoms with E-state index < -0.39 is 5.97 Å². The first kappa shape index (κ1) is 13.4. The van der Waals surface area contributed by atoms with Gasteiger partial charge < -0.3 is 9.47 Å². The molecule has 4 rings (SSSR count). The minimum atomic E-state index is -0.449. The predicted molar refractivity (Wildman–Crippen MR) is 75.0 cm³/mol. The fraction of sp³-hybridized carbons (Fsp3) is 0.765. The first-order chi connectivity index (χ1) is 10.2. The third-order valence-corrected chi connectivity index (χ3v) is 6.21. The Balaban J connectivity index is 1.39. The maximum absolute atomic E-state index is 12.3. The summed E-state index contributed by atoms with van der Waals surface area (Å²) in [5, 5.41) is 0. The summed E-state index contributed by atoms with van der Waals surface area (Å²) in [5.74, 6) is 3.53. The van der Waals surface area contributed by atoms with Crippen LogP contribution < -0.4 is 0 Å². The molecule has 7 unspecified atom stereocenters. The molecule has 4 aliphatic carbocycles. The Hall–Kier alpha value is -1.32. The van der Waals surface area contributed by atoms with Gasteiger partial charge in [-0.25, -0.2) is 4.79 Å². The van der Waals surface area contributed by atoms with Gasteiger partial charge in [0.05, 0.1) is 12.5 Å². The van der Waals surface area contributed by atoms with E-state index in [2.05, 4.69) is 12.2 Å². The van der Waals surface area contributed by atoms with Crippen molar-refractivity contribution in [1.29, 1.82) is 0 Å². The molecule has 114 valence electrons. The lowest BCUT2D eigenvalue weighted by Gasteiger charge is -2.35. The molecule has 3 saturated carbocycles. The van der Waals surface area contributed by atoms with Crippen LogP contribution in [0, 0.1) is 41.4 Å². The molecule has 4 nitrogen and oxygen atoms in total. The molecule has 0 N–H and O–H groups in total. The van der Waals surface area contributed by atoms with Crippen molar-refractivity contribution in [3.8, 4) is 0 Å². The summed E-state index contributed by atoms with van der Waals surface area (Å²) in [6.45, 7) is 1.84. The lowest BCUT2D eigenvalue weighted by Crippen LogP contribution is -2.35. The molecule has 21 heavy (non-hydrogen) atoms. The molecule has 0 heterocycles. The molecule has 0 saturated heterocycles. The highest BCUT2D eigenvalue weighted by atomic mass is 16.6. The maximum Gasteiger partial charge on any atom is 0.344 e. The third kappa shape index (κ3) is 1.95. The van der Waals surface area contributed by atoms with Gasteiger partial charge in [0, 0.05) is 0 Å². The van der Waals surface area contributed by atoms with Crippen LogP contribution in [0.5, 0.6) is 0 Å². The van der Waals surface area contributed by atoms with Crippen LogP contribution in [0.4, 0.5) is 0 Å². The summed E-state index contributed by atoms with van der Waals surface area (Å²) in [7, 11) is 0. The molecule has 4 heteroatoms. The Morgan fingerprint density at radius 3 is 2.57 bits per heavy atom. The molecule has 3 fully saturated rings. The summed E-state index contributed by atoms with van der Waals surface area (Å²) >= 11 is 0. The second kappa shape index (κ2) is 4.85. The largest absolute Gasteiger partial charge is 0.463 e. The van der Waals surface area contributed by atoms with Gasteiger partial charge in [-0.05, 0) is 61.7 Å². The summed E-state index contributed by atoms with van der Waals surface area (Å²) in [4.78, 5) is 23.6. The summed E-state index contributed by atoms with van der Waals surface area (Å²) in [6, 6.07) is 0. The maximum atomic E-state index is 12.3. The molecule has 0 radical (unpaired) electrons. The second-order valence-corrected chi connectivity index (χ2v) is 7.02. The number of esters is 2. The van der Waals surface area contributed by atoms with Crippen LogP contribution in [-0.4, -0.2) is 25.2 Å². The number of ether oxygens (including phenoxy) is 2. The highest BCUT2D eigenvalue weighted by Crippen LogP contribution is 2.67. The van der Waals surface area contributed by atoms with Gasteiger partial charge in [0.25, 0.3) is 0 Å². The zero-order valence-electron chi connectivity index (χ0n) is 12.4. The van der Waals surface area contributed by atoms with Gasteiger partial charge in [-0.3, -0.25) is 4.79 Å². The van der Waals surface area contributed by atoms with E-state index in [9.17, 15) is 9.59 Å². The third-order valence-electron chi connectivity index (χ3n) is 6.21. The van der Waals surface area contributed by atoms with Crippen LogP contribution in [0.2, 0.25) is 0 Å². The summed E-state index contributed by atoms with van der Waals surface area (Å²) < 4.78 is 9.99. The van der Waals surface area contributed by atoms with Gasteiger partial charge in [-0.15, -0.1) is 0 Å². The first-order valence-electron chi connectivity index (χ1n) is 8.19. The van der Waals surface area contributed by atoms with E-state index >= 15 is 0 Å². The average molecular weight is 290 g/mol. The fourth-order valence-electron chi connectivity index (χ4n) is 5.73. The van der Waals surface area contributed by atoms with Crippen molar-refractivity contribution in [1.82, 2.24) is 0 Å². The van der Waals surface area contributed by atoms with Gasteiger partial charge in [0.1, 0.15) is 0 Å². The average Bonchev–Trinajstić information content (AvgIpc) is 3.21. The number of carbonyl (C=O) groups is 2. The van der Waals surface area contributed by atoms with Crippen molar-refractivity contribution in [2.24, 2.45) is 41.4 Å². The number of rotatable bonds is 4. The Morgan fingerprint density at radius 2 is 1.81 bits per heavy atom. The second-order valence-electron chi connectivity index (χ2n) is 7.02. The molecule has 0 spiro atoms. The van der Waals surface area contributed by atoms with E-state index in [-0.39, 0.29) is 18.5 Å². The molecular weight excluding hydrogens is 268 g/mol. The zero-order chi connectivity index (χ0) is 14.6. The van der Waals surface area contributed by atoms with Crippen LogP contribution in [0.15, 0.2) is 12.2 Å². The van der Waals surface area contributed by atoms with E-state index in [0.29, 0.717) is 30.3 Å². The monoisotopic (exact) mass is 290 g/mol. The van der Waals surface area contributed by atoms with Crippen LogP contribution in [0.1, 0.15) is 26.2 Å². The summed E-state index contributed by atoms with van der Waals surface area (Å²) in [5.41, 5.74) is 0. The van der Waals surface area contributed by atoms with E-state index in [1.807, 2.05) is 0 Å². The van der Waals surface area contributed by atoms with E-state index in [0.717, 1.165) is 18.3 Å². The highest BCUT2D eigenvalue weighted by molar-refractivity contribution is 5.78. The Morgan fingerprint density at radius 1 is 1.05 bits per heavy atom. The molecule has 0 aliphatic heterocycles. The lowest BCUT2D eigenvalue weighted by molar-refractivity contribution is -0.163. The number of allylic oxidation sites excluding steroid dienone is 2. The van der Waals surface area contributed by atoms with Gasteiger partial charge >= 0.3 is 11.9 Å². The van der Waals surface area contributed by atoms with Gasteiger partial charge in [-0.2, -0.15) is 0 Å². The molecule has 4 bridgehead atoms. The van der Waals surface area contributed by atoms with Crippen LogP contribution in [0.25, 0.3) is 0 Å². The molecular formula is C17H22O4. The van der Waals surface area contributed by atoms with Crippen LogP contribution >= 0.6 is 0 Å². The molecule has 0 amide bonds. The Labute approximate surface area is 124 Å². The summed E-state index contributed by atoms with van der Waals surface area (Å²) in [6.07, 6.45) is 8.22. The predicted octanol–water partition coefficient (Wildman–Crippen LogP) is 2.19. The van der Waals surface area contributed by atoms with Crippen molar-refractivity contribution < 1.29 is 19.1 Å². The fourth-order valence-corrected chi connectivity index (χ4v) is 5.73. The molecule has 0 aromatic heterocycles. The van der Waals surface area contributed by atoms with E-state index in [4.69, 9.17) is 9.47 Å². The Bertz CT molecular complexity index is 497. The molecule has 0 aromatic carbocycles. The standard InChI is InChI=1S/C17H22O4/c1-2-20-14(18)8-21-17(19)13-7-11-6-12(13)16-10-4-3-9(5-10)15(11)16/h3-4,9-13,15-16H,2,5-8H2,1H3. The van der Waals surface area contributed by atoms with E-state index in [1.54, 1.807) is 6.92 Å². The minimum Gasteiger partial charge on any atom is -0.463 e. The van der Waals surface area contributed by atoms with Crippen LogP contribution in [-0.2, 0) is 19.1 Å². The van der Waals surface area contributed by atoms with Gasteiger partial charge in [0.15, 0.2) is 6.61 Å². The van der Waals surface area contributed by atoms with Gasteiger partial charge in [-0.1, -0.05) is 12.2 Å². The minimum absolute atomic E-state index is 0.0124. The topological polar surface area (TPSA) is 52.6 Å².